The van der Waals surface area contributed by atoms with Gasteiger partial charge in [0, 0.05) is 28.9 Å². The number of methoxy groups -OCH3 is 1. The van der Waals surface area contributed by atoms with Crippen molar-refractivity contribution >= 4 is 40.9 Å². The van der Waals surface area contributed by atoms with Crippen LogP contribution in [0.1, 0.15) is 54.1 Å². The molecule has 0 fully saturated rings. The normalized spacial score (nSPS) is 16.5. The van der Waals surface area contributed by atoms with Crippen LogP contribution in [-0.4, -0.2) is 45.0 Å². The van der Waals surface area contributed by atoms with Gasteiger partial charge in [-0.2, -0.15) is 0 Å². The summed E-state index contributed by atoms with van der Waals surface area (Å²) in [6.45, 7) is 3.38. The summed E-state index contributed by atoms with van der Waals surface area (Å²) in [6.07, 6.45) is 0.735. The zero-order valence-corrected chi connectivity index (χ0v) is 24.8. The number of hydrogen-bond acceptors (Lipinski definition) is 7. The zero-order chi connectivity index (χ0) is 31.5. The molecule has 0 spiro atoms. The van der Waals surface area contributed by atoms with Crippen molar-refractivity contribution in [1.82, 2.24) is 25.3 Å². The molecule has 1 aliphatic rings. The topological polar surface area (TPSA) is 160 Å². The second-order valence-electron chi connectivity index (χ2n) is 10.4. The number of rotatable bonds is 4. The molecule has 1 aliphatic heterocycles. The molecule has 3 amide bonds. The SMILES string of the molecule is COC(=O)Nc1ccc2c(c1)NC(=O)C(C)CCCC(NC(=O)c1nnn(-c3cccc(Cl)c3F)c1C)c1cc-2cc(=O)[nH]1. The number of nitrogens with zero attached hydrogens (tertiary/aromatic N) is 3. The van der Waals surface area contributed by atoms with E-state index in [1.165, 1.54) is 30.0 Å². The van der Waals surface area contributed by atoms with E-state index in [1.54, 1.807) is 44.2 Å². The summed E-state index contributed by atoms with van der Waals surface area (Å²) in [5.41, 5.74) is 2.09. The van der Waals surface area contributed by atoms with E-state index >= 15 is 0 Å². The third-order valence-electron chi connectivity index (χ3n) is 7.41. The number of ether oxygens (including phenoxy) is 1. The molecule has 2 aromatic heterocycles. The summed E-state index contributed by atoms with van der Waals surface area (Å²) in [5, 5.41) is 16.3. The Bertz CT molecular complexity index is 1820. The number of H-pyrrole nitrogens is 1. The van der Waals surface area contributed by atoms with Gasteiger partial charge in [0.2, 0.25) is 11.5 Å². The first kappa shape index (κ1) is 30.4. The molecule has 0 saturated heterocycles. The summed E-state index contributed by atoms with van der Waals surface area (Å²) in [7, 11) is 1.24. The molecule has 2 bridgehead atoms. The fourth-order valence-corrected chi connectivity index (χ4v) is 5.19. The number of amides is 3. The summed E-state index contributed by atoms with van der Waals surface area (Å²) in [4.78, 5) is 54.1. The van der Waals surface area contributed by atoms with Crippen molar-refractivity contribution in [1.29, 1.82) is 0 Å². The molecule has 0 radical (unpaired) electrons. The number of benzene rings is 2. The molecule has 4 aromatic rings. The maximum absolute atomic E-state index is 14.7. The van der Waals surface area contributed by atoms with Crippen molar-refractivity contribution in [3.63, 3.8) is 0 Å². The van der Waals surface area contributed by atoms with Gasteiger partial charge in [-0.25, -0.2) is 13.9 Å². The number of nitrogens with one attached hydrogen (secondary N) is 4. The average molecular weight is 622 g/mol. The van der Waals surface area contributed by atoms with E-state index in [0.717, 1.165) is 0 Å². The van der Waals surface area contributed by atoms with Crippen LogP contribution in [0.4, 0.5) is 20.6 Å². The van der Waals surface area contributed by atoms with E-state index in [2.05, 4.69) is 36.0 Å². The van der Waals surface area contributed by atoms with E-state index in [9.17, 15) is 23.6 Å². The van der Waals surface area contributed by atoms with Crippen molar-refractivity contribution in [2.45, 2.75) is 39.2 Å². The van der Waals surface area contributed by atoms with Crippen LogP contribution < -0.4 is 21.5 Å². The highest BCUT2D eigenvalue weighted by atomic mass is 35.5. The zero-order valence-electron chi connectivity index (χ0n) is 24.0. The maximum atomic E-state index is 14.7. The number of fused-ring (bicyclic) bond motifs is 4. The first-order valence-corrected chi connectivity index (χ1v) is 14.2. The van der Waals surface area contributed by atoms with E-state index in [-0.39, 0.29) is 33.9 Å². The molecule has 0 saturated carbocycles. The Labute approximate surface area is 256 Å². The lowest BCUT2D eigenvalue weighted by molar-refractivity contribution is -0.119. The van der Waals surface area contributed by atoms with Crippen LogP contribution in [-0.2, 0) is 9.53 Å². The molecule has 12 nitrogen and oxygen atoms in total. The summed E-state index contributed by atoms with van der Waals surface area (Å²) >= 11 is 5.93. The number of aromatic amines is 1. The van der Waals surface area contributed by atoms with Gasteiger partial charge in [-0.1, -0.05) is 42.3 Å². The predicted octanol–water partition coefficient (Wildman–Crippen LogP) is 5.13. The monoisotopic (exact) mass is 621 g/mol. The summed E-state index contributed by atoms with van der Waals surface area (Å²) in [6, 6.07) is 11.7. The van der Waals surface area contributed by atoms with Gasteiger partial charge in [0.25, 0.3) is 5.91 Å². The van der Waals surface area contributed by atoms with E-state index in [1.807, 2.05) is 0 Å². The van der Waals surface area contributed by atoms with Gasteiger partial charge in [-0.3, -0.25) is 19.7 Å². The maximum Gasteiger partial charge on any atom is 0.411 e. The Hall–Kier alpha value is -5.04. The van der Waals surface area contributed by atoms with Gasteiger partial charge in [0.15, 0.2) is 11.5 Å². The first-order valence-electron chi connectivity index (χ1n) is 13.8. The minimum Gasteiger partial charge on any atom is -0.453 e. The van der Waals surface area contributed by atoms with Crippen molar-refractivity contribution in [2.75, 3.05) is 17.7 Å². The lowest BCUT2D eigenvalue weighted by Gasteiger charge is -2.22. The molecular formula is C30H29ClFN7O5. The van der Waals surface area contributed by atoms with Gasteiger partial charge in [0.1, 0.15) is 5.69 Å². The molecule has 44 heavy (non-hydrogen) atoms. The molecule has 2 unspecified atom stereocenters. The standard InChI is InChI=1S/C30H29ClFN7O5/c1-15-6-4-8-21(35-29(42)27-16(2)39(38-37-27)24-9-5-7-20(31)26(24)32)23-12-17(13-25(40)34-23)19-11-10-18(33-30(43)44-3)14-22(19)36-28(15)41/h5,7,9-15,21H,4,6,8H2,1-3H3,(H,33,43)(H,34,40)(H,35,42)(H,36,41). The van der Waals surface area contributed by atoms with Crippen LogP contribution in [0.3, 0.4) is 0 Å². The lowest BCUT2D eigenvalue weighted by atomic mass is 9.95. The number of anilines is 2. The third kappa shape index (κ3) is 6.32. The van der Waals surface area contributed by atoms with E-state index in [4.69, 9.17) is 11.6 Å². The summed E-state index contributed by atoms with van der Waals surface area (Å²) < 4.78 is 20.5. The number of pyridine rings is 1. The van der Waals surface area contributed by atoms with Gasteiger partial charge in [-0.05, 0) is 55.7 Å². The number of carbonyl (C=O) groups excluding carboxylic acids is 3. The Balaban J connectivity index is 1.52. The van der Waals surface area contributed by atoms with Gasteiger partial charge >= 0.3 is 6.09 Å². The van der Waals surface area contributed by atoms with Crippen molar-refractivity contribution < 1.29 is 23.5 Å². The highest BCUT2D eigenvalue weighted by Crippen LogP contribution is 2.33. The van der Waals surface area contributed by atoms with Gasteiger partial charge in [0.05, 0.1) is 29.6 Å². The Morgan fingerprint density at radius 2 is 1.93 bits per heavy atom. The fourth-order valence-electron chi connectivity index (χ4n) is 5.03. The molecule has 14 heteroatoms. The first-order chi connectivity index (χ1) is 21.0. The van der Waals surface area contributed by atoms with Crippen molar-refractivity contribution in [3.05, 3.63) is 86.8 Å². The molecule has 2 atom stereocenters. The average Bonchev–Trinajstić information content (AvgIpc) is 3.38. The molecule has 228 valence electrons. The largest absolute Gasteiger partial charge is 0.453 e. The Morgan fingerprint density at radius 1 is 1.14 bits per heavy atom. The Morgan fingerprint density at radius 3 is 2.70 bits per heavy atom. The smallest absolute Gasteiger partial charge is 0.411 e. The highest BCUT2D eigenvalue weighted by molar-refractivity contribution is 6.30. The van der Waals surface area contributed by atoms with Crippen molar-refractivity contribution in [2.24, 2.45) is 5.92 Å². The van der Waals surface area contributed by atoms with Crippen LogP contribution in [0.2, 0.25) is 5.02 Å². The number of carbonyl (C=O) groups is 3. The number of hydrogen-bond donors (Lipinski definition) is 4. The molecule has 0 aliphatic carbocycles. The van der Waals surface area contributed by atoms with Gasteiger partial charge < -0.3 is 20.4 Å². The van der Waals surface area contributed by atoms with E-state index in [0.29, 0.717) is 47.5 Å². The predicted molar refractivity (Wildman–Crippen MR) is 161 cm³/mol. The molecule has 5 rings (SSSR count). The highest BCUT2D eigenvalue weighted by Gasteiger charge is 2.25. The van der Waals surface area contributed by atoms with Crippen LogP contribution in [0.5, 0.6) is 0 Å². The third-order valence-corrected chi connectivity index (χ3v) is 7.70. The quantitative estimate of drug-likeness (QED) is 0.246. The number of aromatic nitrogens is 4. The van der Waals surface area contributed by atoms with E-state index < -0.39 is 29.4 Å². The minimum atomic E-state index is -0.700. The lowest BCUT2D eigenvalue weighted by Crippen LogP contribution is -2.31. The van der Waals surface area contributed by atoms with Crippen LogP contribution in [0, 0.1) is 18.7 Å². The van der Waals surface area contributed by atoms with Crippen LogP contribution >= 0.6 is 11.6 Å². The second-order valence-corrected chi connectivity index (χ2v) is 10.8. The molecule has 2 aromatic carbocycles. The Kier molecular flexibility index (Phi) is 8.76. The van der Waals surface area contributed by atoms with Crippen molar-refractivity contribution in [3.8, 4) is 16.8 Å². The fraction of sp³-hybridized carbons (Fsp3) is 0.267. The van der Waals surface area contributed by atoms with Crippen LogP contribution in [0.25, 0.3) is 16.8 Å². The second kappa shape index (κ2) is 12.7. The molecule has 4 N–H and O–H groups in total. The summed E-state index contributed by atoms with van der Waals surface area (Å²) in [5.74, 6) is -1.91. The van der Waals surface area contributed by atoms with Gasteiger partial charge in [-0.15, -0.1) is 5.10 Å². The number of halogens is 2. The molecule has 3 heterocycles. The minimum absolute atomic E-state index is 0.0299. The van der Waals surface area contributed by atoms with Crippen LogP contribution in [0.15, 0.2) is 53.3 Å². The molecular weight excluding hydrogens is 593 g/mol.